The molecule has 0 bridgehead atoms. The number of nitrogens with zero attached hydrogens (tertiary/aromatic N) is 2. The van der Waals surface area contributed by atoms with Crippen molar-refractivity contribution in [3.63, 3.8) is 0 Å². The number of hydrogen-bond donors (Lipinski definition) is 2. The maximum absolute atomic E-state index is 11.9. The Balaban J connectivity index is 1.61. The van der Waals surface area contributed by atoms with Crippen LogP contribution in [0, 0.1) is 18.3 Å². The smallest absolute Gasteiger partial charge is 0.339 e. The van der Waals surface area contributed by atoms with E-state index in [9.17, 15) is 4.79 Å². The number of rotatable bonds is 6. The minimum Gasteiger partial charge on any atom is -0.486 e. The van der Waals surface area contributed by atoms with Crippen LogP contribution >= 0.6 is 23.2 Å². The summed E-state index contributed by atoms with van der Waals surface area (Å²) in [6.07, 6.45) is 1.42. The largest absolute Gasteiger partial charge is 0.486 e. The second-order valence-electron chi connectivity index (χ2n) is 6.56. The zero-order valence-electron chi connectivity index (χ0n) is 16.5. The molecule has 0 radical (unpaired) electrons. The molecule has 8 heteroatoms. The van der Waals surface area contributed by atoms with Gasteiger partial charge in [-0.25, -0.2) is 10.2 Å². The Hall–Kier alpha value is -3.53. The zero-order chi connectivity index (χ0) is 22.2. The lowest BCUT2D eigenvalue weighted by Gasteiger charge is -2.11. The number of urea groups is 1. The van der Waals surface area contributed by atoms with Crippen molar-refractivity contribution < 1.29 is 9.53 Å². The number of ether oxygens (including phenoxy) is 1. The fraction of sp³-hybridized carbons (Fsp3) is 0.0870. The molecular weight excluding hydrogens is 435 g/mol. The Morgan fingerprint density at radius 3 is 2.48 bits per heavy atom. The predicted molar refractivity (Wildman–Crippen MR) is 123 cm³/mol. The van der Waals surface area contributed by atoms with Gasteiger partial charge >= 0.3 is 6.03 Å². The molecule has 0 aliphatic heterocycles. The summed E-state index contributed by atoms with van der Waals surface area (Å²) in [5.74, 6) is 0.304. The van der Waals surface area contributed by atoms with Crippen molar-refractivity contribution in [1.29, 1.82) is 5.26 Å². The molecule has 2 N–H and O–H groups in total. The molecule has 0 saturated carbocycles. The van der Waals surface area contributed by atoms with E-state index < -0.39 is 6.03 Å². The molecule has 0 unspecified atom stereocenters. The Kier molecular flexibility index (Phi) is 7.50. The van der Waals surface area contributed by atoms with Gasteiger partial charge in [0.25, 0.3) is 0 Å². The molecule has 0 saturated heterocycles. The number of benzene rings is 3. The van der Waals surface area contributed by atoms with Gasteiger partial charge in [-0.3, -0.25) is 0 Å². The van der Waals surface area contributed by atoms with Crippen molar-refractivity contribution in [1.82, 2.24) is 5.43 Å². The molecule has 31 heavy (non-hydrogen) atoms. The molecule has 156 valence electrons. The Bertz CT molecular complexity index is 1130. The average Bonchev–Trinajstić information content (AvgIpc) is 2.75. The third-order valence-electron chi connectivity index (χ3n) is 4.22. The summed E-state index contributed by atoms with van der Waals surface area (Å²) in [7, 11) is 0. The average molecular weight is 453 g/mol. The molecule has 6 nitrogen and oxygen atoms in total. The number of carbonyl (C=O) groups is 1. The Labute approximate surface area is 190 Å². The van der Waals surface area contributed by atoms with Crippen LogP contribution < -0.4 is 15.5 Å². The van der Waals surface area contributed by atoms with Crippen LogP contribution in [0.4, 0.5) is 10.5 Å². The molecule has 2 amide bonds. The molecule has 3 aromatic carbocycles. The van der Waals surface area contributed by atoms with Gasteiger partial charge in [0.15, 0.2) is 5.75 Å². The summed E-state index contributed by atoms with van der Waals surface area (Å²) in [6, 6.07) is 19.4. The molecule has 0 atom stereocenters. The molecule has 3 rings (SSSR count). The molecular formula is C23H18Cl2N4O2. The highest BCUT2D eigenvalue weighted by atomic mass is 35.5. The lowest BCUT2D eigenvalue weighted by atomic mass is 10.1. The van der Waals surface area contributed by atoms with Crippen LogP contribution in [-0.4, -0.2) is 12.2 Å². The first kappa shape index (κ1) is 22.2. The first-order valence-corrected chi connectivity index (χ1v) is 9.98. The van der Waals surface area contributed by atoms with Crippen molar-refractivity contribution in [2.75, 3.05) is 5.32 Å². The summed E-state index contributed by atoms with van der Waals surface area (Å²) < 4.78 is 5.73. The van der Waals surface area contributed by atoms with E-state index in [1.54, 1.807) is 42.5 Å². The van der Waals surface area contributed by atoms with Crippen molar-refractivity contribution in [3.05, 3.63) is 93.0 Å². The van der Waals surface area contributed by atoms with Crippen LogP contribution in [0.1, 0.15) is 22.3 Å². The van der Waals surface area contributed by atoms with Gasteiger partial charge in [0, 0.05) is 11.3 Å². The summed E-state index contributed by atoms with van der Waals surface area (Å²) in [5.41, 5.74) is 5.96. The maximum atomic E-state index is 11.9. The molecule has 3 aromatic rings. The van der Waals surface area contributed by atoms with E-state index in [1.165, 1.54) is 6.21 Å². The zero-order valence-corrected chi connectivity index (χ0v) is 18.0. The third-order valence-corrected chi connectivity index (χ3v) is 4.78. The lowest BCUT2D eigenvalue weighted by molar-refractivity contribution is 0.252. The maximum Gasteiger partial charge on any atom is 0.339 e. The van der Waals surface area contributed by atoms with Gasteiger partial charge in [0.2, 0.25) is 0 Å². The monoisotopic (exact) mass is 452 g/mol. The molecule has 0 spiro atoms. The third kappa shape index (κ3) is 6.22. The highest BCUT2D eigenvalue weighted by Gasteiger charge is 2.11. The lowest BCUT2D eigenvalue weighted by Crippen LogP contribution is -2.24. The van der Waals surface area contributed by atoms with Gasteiger partial charge in [0.05, 0.1) is 27.9 Å². The summed E-state index contributed by atoms with van der Waals surface area (Å²) in [5, 5.41) is 16.3. The number of nitriles is 1. The molecule has 0 aromatic heterocycles. The molecule has 0 aliphatic carbocycles. The molecule has 0 heterocycles. The van der Waals surface area contributed by atoms with Crippen LogP contribution in [0.15, 0.2) is 65.8 Å². The van der Waals surface area contributed by atoms with Crippen LogP contribution in [0.25, 0.3) is 0 Å². The Morgan fingerprint density at radius 1 is 1.13 bits per heavy atom. The van der Waals surface area contributed by atoms with Crippen LogP contribution in [0.2, 0.25) is 10.0 Å². The van der Waals surface area contributed by atoms with Crippen LogP contribution in [0.3, 0.4) is 0 Å². The number of amides is 2. The van der Waals surface area contributed by atoms with E-state index in [0.29, 0.717) is 22.6 Å². The number of hydrogen-bond acceptors (Lipinski definition) is 4. The summed E-state index contributed by atoms with van der Waals surface area (Å²) in [4.78, 5) is 11.9. The van der Waals surface area contributed by atoms with E-state index in [-0.39, 0.29) is 16.7 Å². The van der Waals surface area contributed by atoms with Gasteiger partial charge in [-0.05, 0) is 42.8 Å². The normalized spacial score (nSPS) is 10.5. The fourth-order valence-corrected chi connectivity index (χ4v) is 3.27. The van der Waals surface area contributed by atoms with E-state index >= 15 is 0 Å². The fourth-order valence-electron chi connectivity index (χ4n) is 2.66. The summed E-state index contributed by atoms with van der Waals surface area (Å²) in [6.45, 7) is 2.11. The molecule has 0 aliphatic rings. The predicted octanol–water partition coefficient (Wildman–Crippen LogP) is 5.91. The minimum atomic E-state index is -0.478. The number of anilines is 1. The van der Waals surface area contributed by atoms with Gasteiger partial charge in [-0.15, -0.1) is 0 Å². The van der Waals surface area contributed by atoms with Gasteiger partial charge in [-0.1, -0.05) is 59.1 Å². The Morgan fingerprint density at radius 2 is 1.81 bits per heavy atom. The standard InChI is InChI=1S/C23H18Cl2N4O2/c1-15-6-8-19(9-7-15)28-23(30)29-27-13-16-10-20(24)22(21(25)11-16)31-14-18-5-3-2-4-17(18)12-26/h2-11,13H,14H2,1H3,(H2,28,29,30)/b27-13+. The highest BCUT2D eigenvalue weighted by Crippen LogP contribution is 2.34. The first-order chi connectivity index (χ1) is 15.0. The van der Waals surface area contributed by atoms with E-state index in [0.717, 1.165) is 11.1 Å². The second-order valence-corrected chi connectivity index (χ2v) is 7.38. The van der Waals surface area contributed by atoms with E-state index in [4.69, 9.17) is 33.2 Å². The molecule has 0 fully saturated rings. The van der Waals surface area contributed by atoms with Gasteiger partial charge in [-0.2, -0.15) is 10.4 Å². The number of hydrazone groups is 1. The second kappa shape index (κ2) is 10.5. The van der Waals surface area contributed by atoms with Crippen molar-refractivity contribution >= 4 is 41.1 Å². The van der Waals surface area contributed by atoms with E-state index in [1.807, 2.05) is 25.1 Å². The van der Waals surface area contributed by atoms with Gasteiger partial charge < -0.3 is 10.1 Å². The minimum absolute atomic E-state index is 0.150. The van der Waals surface area contributed by atoms with Crippen LogP contribution in [0.5, 0.6) is 5.75 Å². The summed E-state index contributed by atoms with van der Waals surface area (Å²) >= 11 is 12.6. The number of carbonyl (C=O) groups excluding carboxylic acids is 1. The van der Waals surface area contributed by atoms with Crippen molar-refractivity contribution in [2.24, 2.45) is 5.10 Å². The first-order valence-electron chi connectivity index (χ1n) is 9.23. The SMILES string of the molecule is Cc1ccc(NC(=O)N/N=C/c2cc(Cl)c(OCc3ccccc3C#N)c(Cl)c2)cc1. The topological polar surface area (TPSA) is 86.5 Å². The van der Waals surface area contributed by atoms with Gasteiger partial charge in [0.1, 0.15) is 6.61 Å². The van der Waals surface area contributed by atoms with Crippen molar-refractivity contribution in [3.8, 4) is 11.8 Å². The number of nitrogens with one attached hydrogen (secondary N) is 2. The number of halogens is 2. The quantitative estimate of drug-likeness (QED) is 0.360. The van der Waals surface area contributed by atoms with E-state index in [2.05, 4.69) is 21.9 Å². The van der Waals surface area contributed by atoms with Crippen LogP contribution in [-0.2, 0) is 6.61 Å². The number of aryl methyl sites for hydroxylation is 1. The highest BCUT2D eigenvalue weighted by molar-refractivity contribution is 6.37. The van der Waals surface area contributed by atoms with Crippen molar-refractivity contribution in [2.45, 2.75) is 13.5 Å².